The van der Waals surface area contributed by atoms with Crippen LogP contribution in [0.15, 0.2) is 28.9 Å². The monoisotopic (exact) mass is 317 g/mol. The maximum absolute atomic E-state index is 12.4. The van der Waals surface area contributed by atoms with Gasteiger partial charge in [-0.15, -0.1) is 11.3 Å². The SMILES string of the molecule is C=C(C)N(CC)Cc1ccc(-c2noc(C(F)(F)F)n2)s1. The summed E-state index contributed by atoms with van der Waals surface area (Å²) in [5.74, 6) is -1.37. The molecular weight excluding hydrogens is 303 g/mol. The molecule has 0 spiro atoms. The molecule has 0 saturated carbocycles. The highest BCUT2D eigenvalue weighted by Crippen LogP contribution is 2.32. The lowest BCUT2D eigenvalue weighted by Gasteiger charge is -2.21. The maximum atomic E-state index is 12.4. The lowest BCUT2D eigenvalue weighted by molar-refractivity contribution is -0.159. The predicted octanol–water partition coefficient (Wildman–Crippen LogP) is 4.17. The Balaban J connectivity index is 2.16. The second-order valence-corrected chi connectivity index (χ2v) is 5.60. The van der Waals surface area contributed by atoms with Crippen LogP contribution in [0.2, 0.25) is 0 Å². The summed E-state index contributed by atoms with van der Waals surface area (Å²) in [6.07, 6.45) is -4.62. The molecule has 8 heteroatoms. The Kier molecular flexibility index (Phi) is 4.36. The van der Waals surface area contributed by atoms with E-state index in [1.807, 2.05) is 19.9 Å². The summed E-state index contributed by atoms with van der Waals surface area (Å²) >= 11 is 1.34. The van der Waals surface area contributed by atoms with Crippen LogP contribution < -0.4 is 0 Å². The predicted molar refractivity (Wildman–Crippen MR) is 73.5 cm³/mol. The van der Waals surface area contributed by atoms with Gasteiger partial charge in [-0.1, -0.05) is 11.7 Å². The van der Waals surface area contributed by atoms with Crippen molar-refractivity contribution in [3.8, 4) is 10.7 Å². The van der Waals surface area contributed by atoms with E-state index in [0.717, 1.165) is 17.1 Å². The molecule has 0 radical (unpaired) electrons. The third-order valence-electron chi connectivity index (χ3n) is 2.82. The van der Waals surface area contributed by atoms with Gasteiger partial charge in [0.15, 0.2) is 0 Å². The first-order valence-corrected chi connectivity index (χ1v) is 7.03. The minimum atomic E-state index is -4.62. The molecule has 2 heterocycles. The Hall–Kier alpha value is -1.83. The van der Waals surface area contributed by atoms with Gasteiger partial charge < -0.3 is 9.42 Å². The van der Waals surface area contributed by atoms with E-state index in [2.05, 4.69) is 26.1 Å². The van der Waals surface area contributed by atoms with E-state index in [-0.39, 0.29) is 5.82 Å². The summed E-state index contributed by atoms with van der Waals surface area (Å²) in [5, 5.41) is 3.37. The lowest BCUT2D eigenvalue weighted by Crippen LogP contribution is -2.19. The Morgan fingerprint density at radius 3 is 2.67 bits per heavy atom. The largest absolute Gasteiger partial charge is 0.471 e. The molecule has 0 atom stereocenters. The van der Waals surface area contributed by atoms with Crippen molar-refractivity contribution in [3.63, 3.8) is 0 Å². The van der Waals surface area contributed by atoms with Crippen LogP contribution in [0.25, 0.3) is 10.7 Å². The van der Waals surface area contributed by atoms with Gasteiger partial charge in [-0.3, -0.25) is 0 Å². The van der Waals surface area contributed by atoms with E-state index < -0.39 is 12.1 Å². The molecule has 4 nitrogen and oxygen atoms in total. The van der Waals surface area contributed by atoms with E-state index >= 15 is 0 Å². The minimum absolute atomic E-state index is 0.0445. The first kappa shape index (κ1) is 15.6. The second-order valence-electron chi connectivity index (χ2n) is 4.44. The molecule has 2 rings (SSSR count). The zero-order valence-electron chi connectivity index (χ0n) is 11.6. The molecule has 0 aliphatic rings. The van der Waals surface area contributed by atoms with Gasteiger partial charge >= 0.3 is 12.1 Å². The number of rotatable bonds is 5. The van der Waals surface area contributed by atoms with Crippen LogP contribution in [-0.4, -0.2) is 21.6 Å². The molecule has 0 fully saturated rings. The van der Waals surface area contributed by atoms with E-state index in [1.54, 1.807) is 6.07 Å². The molecule has 0 aliphatic heterocycles. The molecule has 0 aromatic carbocycles. The fourth-order valence-electron chi connectivity index (χ4n) is 1.73. The first-order chi connectivity index (χ1) is 9.81. The molecule has 0 N–H and O–H groups in total. The molecular formula is C13H14F3N3OS. The topological polar surface area (TPSA) is 42.2 Å². The highest BCUT2D eigenvalue weighted by molar-refractivity contribution is 7.15. The summed E-state index contributed by atoms with van der Waals surface area (Å²) < 4.78 is 41.5. The van der Waals surface area contributed by atoms with Crippen molar-refractivity contribution in [2.75, 3.05) is 6.54 Å². The molecule has 0 saturated heterocycles. The highest BCUT2D eigenvalue weighted by Gasteiger charge is 2.38. The van der Waals surface area contributed by atoms with Crippen LogP contribution in [0.4, 0.5) is 13.2 Å². The number of allylic oxidation sites excluding steroid dienone is 1. The van der Waals surface area contributed by atoms with Crippen molar-refractivity contribution < 1.29 is 17.7 Å². The summed E-state index contributed by atoms with van der Waals surface area (Å²) in [6, 6.07) is 3.53. The smallest absolute Gasteiger partial charge is 0.371 e. The average Bonchev–Trinajstić information content (AvgIpc) is 3.03. The molecule has 2 aromatic heterocycles. The highest BCUT2D eigenvalue weighted by atomic mass is 32.1. The van der Waals surface area contributed by atoms with Crippen molar-refractivity contribution >= 4 is 11.3 Å². The number of aromatic nitrogens is 2. The van der Waals surface area contributed by atoms with E-state index in [9.17, 15) is 13.2 Å². The number of thiophene rings is 1. The summed E-state index contributed by atoms with van der Waals surface area (Å²) in [5.41, 5.74) is 0.936. The number of alkyl halides is 3. The Labute approximate surface area is 123 Å². The summed E-state index contributed by atoms with van der Waals surface area (Å²) in [4.78, 5) is 6.98. The van der Waals surface area contributed by atoms with Gasteiger partial charge in [-0.25, -0.2) is 0 Å². The van der Waals surface area contributed by atoms with Crippen LogP contribution in [-0.2, 0) is 12.7 Å². The minimum Gasteiger partial charge on any atom is -0.371 e. The molecule has 2 aromatic rings. The van der Waals surface area contributed by atoms with Crippen LogP contribution in [0.5, 0.6) is 0 Å². The van der Waals surface area contributed by atoms with Crippen molar-refractivity contribution in [1.29, 1.82) is 0 Å². The normalized spacial score (nSPS) is 11.7. The number of hydrogen-bond acceptors (Lipinski definition) is 5. The van der Waals surface area contributed by atoms with Crippen molar-refractivity contribution in [2.24, 2.45) is 0 Å². The quantitative estimate of drug-likeness (QED) is 0.830. The average molecular weight is 317 g/mol. The molecule has 0 amide bonds. The summed E-state index contributed by atoms with van der Waals surface area (Å²) in [6.45, 7) is 9.27. The van der Waals surface area contributed by atoms with E-state index in [0.29, 0.717) is 11.4 Å². The third-order valence-corrected chi connectivity index (χ3v) is 3.88. The van der Waals surface area contributed by atoms with Crippen LogP contribution in [0, 0.1) is 0 Å². The number of nitrogens with zero attached hydrogens (tertiary/aromatic N) is 3. The summed E-state index contributed by atoms with van der Waals surface area (Å²) in [7, 11) is 0. The zero-order chi connectivity index (χ0) is 15.6. The van der Waals surface area contributed by atoms with Crippen molar-refractivity contribution in [2.45, 2.75) is 26.6 Å². The van der Waals surface area contributed by atoms with Gasteiger partial charge in [0.1, 0.15) is 0 Å². The number of hydrogen-bond donors (Lipinski definition) is 0. The lowest BCUT2D eigenvalue weighted by atomic mass is 10.3. The number of halogens is 3. The Morgan fingerprint density at radius 1 is 1.43 bits per heavy atom. The van der Waals surface area contributed by atoms with Gasteiger partial charge in [0, 0.05) is 17.1 Å². The van der Waals surface area contributed by atoms with Crippen molar-refractivity contribution in [1.82, 2.24) is 15.0 Å². The fraction of sp³-hybridized carbons (Fsp3) is 0.385. The third kappa shape index (κ3) is 3.63. The molecule has 0 unspecified atom stereocenters. The standard InChI is InChI=1S/C13H14F3N3OS/c1-4-19(8(2)3)7-9-5-6-10(21-9)11-17-12(20-18-11)13(14,15)16/h5-6H,2,4,7H2,1,3H3. The zero-order valence-corrected chi connectivity index (χ0v) is 12.4. The second kappa shape index (κ2) is 5.88. The fourth-order valence-corrected chi connectivity index (χ4v) is 2.68. The van der Waals surface area contributed by atoms with Gasteiger partial charge in [0.05, 0.1) is 11.4 Å². The van der Waals surface area contributed by atoms with Crippen LogP contribution in [0.1, 0.15) is 24.6 Å². The van der Waals surface area contributed by atoms with E-state index in [4.69, 9.17) is 0 Å². The van der Waals surface area contributed by atoms with Gasteiger partial charge in [0.2, 0.25) is 5.82 Å². The van der Waals surface area contributed by atoms with Crippen molar-refractivity contribution in [3.05, 3.63) is 35.2 Å². The van der Waals surface area contributed by atoms with E-state index in [1.165, 1.54) is 11.3 Å². The molecule has 114 valence electrons. The van der Waals surface area contributed by atoms with Gasteiger partial charge in [-0.05, 0) is 26.0 Å². The maximum Gasteiger partial charge on any atom is 0.471 e. The molecule has 21 heavy (non-hydrogen) atoms. The van der Waals surface area contributed by atoms with Crippen LogP contribution in [0.3, 0.4) is 0 Å². The molecule has 0 aliphatic carbocycles. The Bertz CT molecular complexity index is 633. The van der Waals surface area contributed by atoms with Gasteiger partial charge in [0.25, 0.3) is 0 Å². The van der Waals surface area contributed by atoms with Crippen LogP contribution >= 0.6 is 11.3 Å². The van der Waals surface area contributed by atoms with Gasteiger partial charge in [-0.2, -0.15) is 18.2 Å². The first-order valence-electron chi connectivity index (χ1n) is 6.21. The Morgan fingerprint density at radius 2 is 2.14 bits per heavy atom. The molecule has 0 bridgehead atoms.